The lowest BCUT2D eigenvalue weighted by Crippen LogP contribution is -2.48. The van der Waals surface area contributed by atoms with Gasteiger partial charge in [-0.15, -0.1) is 6.42 Å². The highest BCUT2D eigenvalue weighted by atomic mass is 16.5. The molecule has 5 nitrogen and oxygen atoms in total. The van der Waals surface area contributed by atoms with Gasteiger partial charge in [0.05, 0.1) is 19.7 Å². The van der Waals surface area contributed by atoms with Gasteiger partial charge in [0.15, 0.2) is 0 Å². The van der Waals surface area contributed by atoms with Gasteiger partial charge in [-0.3, -0.25) is 14.9 Å². The van der Waals surface area contributed by atoms with Crippen molar-refractivity contribution < 1.29 is 14.3 Å². The number of hydrogen-bond donors (Lipinski definition) is 2. The molecule has 0 aliphatic heterocycles. The second kappa shape index (κ2) is 6.85. The van der Waals surface area contributed by atoms with E-state index in [1.807, 2.05) is 0 Å². The molecule has 2 unspecified atom stereocenters. The van der Waals surface area contributed by atoms with E-state index in [9.17, 15) is 9.59 Å². The Balaban J connectivity index is 4.02. The predicted octanol–water partition coefficient (Wildman–Crippen LogP) is -0.725. The van der Waals surface area contributed by atoms with E-state index in [1.54, 1.807) is 13.8 Å². The van der Waals surface area contributed by atoms with E-state index in [0.717, 1.165) is 0 Å². The van der Waals surface area contributed by atoms with Crippen LogP contribution >= 0.6 is 0 Å². The number of terminal acetylenes is 1. The van der Waals surface area contributed by atoms with Crippen LogP contribution in [0.2, 0.25) is 0 Å². The monoisotopic (exact) mass is 212 g/mol. The molecule has 0 aromatic rings. The minimum absolute atomic E-state index is 0.178. The Morgan fingerprint density at radius 2 is 2.00 bits per heavy atom. The quantitative estimate of drug-likeness (QED) is 0.466. The van der Waals surface area contributed by atoms with Gasteiger partial charge in [0.1, 0.15) is 6.04 Å². The van der Waals surface area contributed by atoms with Crippen molar-refractivity contribution in [2.24, 2.45) is 0 Å². The van der Waals surface area contributed by atoms with E-state index in [0.29, 0.717) is 0 Å². The molecular formula is C10H16N2O3. The molecule has 0 fully saturated rings. The molecule has 5 heteroatoms. The Hall–Kier alpha value is -1.54. The largest absolute Gasteiger partial charge is 0.468 e. The number of hydrogen-bond acceptors (Lipinski definition) is 4. The van der Waals surface area contributed by atoms with Crippen LogP contribution in [-0.4, -0.2) is 37.6 Å². The molecule has 84 valence electrons. The third-order valence-corrected chi connectivity index (χ3v) is 1.81. The lowest BCUT2D eigenvalue weighted by molar-refractivity contribution is -0.143. The molecule has 0 aromatic carbocycles. The fourth-order valence-corrected chi connectivity index (χ4v) is 0.987. The number of methoxy groups -OCH3 is 1. The average Bonchev–Trinajstić information content (AvgIpc) is 2.24. The fourth-order valence-electron chi connectivity index (χ4n) is 0.987. The number of nitrogens with one attached hydrogen (secondary N) is 2. The molecule has 0 bridgehead atoms. The first kappa shape index (κ1) is 13.5. The maximum absolute atomic E-state index is 11.3. The summed E-state index contributed by atoms with van der Waals surface area (Å²) in [4.78, 5) is 22.4. The number of carbonyl (C=O) groups excluding carboxylic acids is 2. The molecule has 0 saturated carbocycles. The summed E-state index contributed by atoms with van der Waals surface area (Å²) in [7, 11) is 1.30. The van der Waals surface area contributed by atoms with Gasteiger partial charge < -0.3 is 10.1 Å². The summed E-state index contributed by atoms with van der Waals surface area (Å²) >= 11 is 0. The zero-order chi connectivity index (χ0) is 11.8. The standard InChI is InChI=1S/C10H16N2O3/c1-5-6-11-9(13)7(2)12-8(3)10(14)15-4/h1,7-8,12H,6H2,2-4H3,(H,11,13). The third kappa shape index (κ3) is 5.03. The van der Waals surface area contributed by atoms with Gasteiger partial charge >= 0.3 is 5.97 Å². The van der Waals surface area contributed by atoms with E-state index >= 15 is 0 Å². The van der Waals surface area contributed by atoms with Crippen LogP contribution in [-0.2, 0) is 14.3 Å². The summed E-state index contributed by atoms with van der Waals surface area (Å²) in [5, 5.41) is 5.29. The van der Waals surface area contributed by atoms with Crippen LogP contribution in [0.3, 0.4) is 0 Å². The number of carbonyl (C=O) groups is 2. The molecule has 2 N–H and O–H groups in total. The van der Waals surface area contributed by atoms with E-state index in [2.05, 4.69) is 21.3 Å². The van der Waals surface area contributed by atoms with Crippen LogP contribution in [0.4, 0.5) is 0 Å². The zero-order valence-corrected chi connectivity index (χ0v) is 9.16. The summed E-state index contributed by atoms with van der Waals surface area (Å²) in [6.45, 7) is 3.44. The smallest absolute Gasteiger partial charge is 0.322 e. The minimum Gasteiger partial charge on any atom is -0.468 e. The Kier molecular flexibility index (Phi) is 6.14. The SMILES string of the molecule is C#CCNC(=O)C(C)NC(C)C(=O)OC. The maximum atomic E-state index is 11.3. The lowest BCUT2D eigenvalue weighted by Gasteiger charge is -2.17. The van der Waals surface area contributed by atoms with Crippen molar-refractivity contribution in [3.8, 4) is 12.3 Å². The molecule has 0 saturated heterocycles. The van der Waals surface area contributed by atoms with Crippen molar-refractivity contribution in [1.82, 2.24) is 10.6 Å². The summed E-state index contributed by atoms with van der Waals surface area (Å²) in [6.07, 6.45) is 4.99. The van der Waals surface area contributed by atoms with Crippen molar-refractivity contribution in [2.75, 3.05) is 13.7 Å². The third-order valence-electron chi connectivity index (χ3n) is 1.81. The highest BCUT2D eigenvalue weighted by molar-refractivity contribution is 5.83. The summed E-state index contributed by atoms with van der Waals surface area (Å²) in [6, 6.07) is -1.02. The molecule has 1 amide bonds. The van der Waals surface area contributed by atoms with Gasteiger partial charge in [-0.25, -0.2) is 0 Å². The van der Waals surface area contributed by atoms with Crippen LogP contribution in [0.5, 0.6) is 0 Å². The Morgan fingerprint density at radius 3 is 2.47 bits per heavy atom. The van der Waals surface area contributed by atoms with Gasteiger partial charge in [-0.1, -0.05) is 5.92 Å². The molecule has 15 heavy (non-hydrogen) atoms. The van der Waals surface area contributed by atoms with Gasteiger partial charge in [0, 0.05) is 0 Å². The van der Waals surface area contributed by atoms with Gasteiger partial charge in [0.2, 0.25) is 5.91 Å². The van der Waals surface area contributed by atoms with Crippen LogP contribution in [0.25, 0.3) is 0 Å². The number of ether oxygens (including phenoxy) is 1. The van der Waals surface area contributed by atoms with Gasteiger partial charge in [0.25, 0.3) is 0 Å². The second-order valence-electron chi connectivity index (χ2n) is 3.06. The van der Waals surface area contributed by atoms with Crippen LogP contribution in [0.1, 0.15) is 13.8 Å². The molecule has 0 heterocycles. The molecule has 0 radical (unpaired) electrons. The first-order valence-electron chi connectivity index (χ1n) is 4.58. The second-order valence-corrected chi connectivity index (χ2v) is 3.06. The minimum atomic E-state index is -0.526. The van der Waals surface area contributed by atoms with Crippen LogP contribution in [0.15, 0.2) is 0 Å². The van der Waals surface area contributed by atoms with E-state index < -0.39 is 18.1 Å². The van der Waals surface area contributed by atoms with Crippen molar-refractivity contribution in [2.45, 2.75) is 25.9 Å². The highest BCUT2D eigenvalue weighted by Gasteiger charge is 2.19. The Labute approximate surface area is 89.6 Å². The molecule has 0 aliphatic carbocycles. The summed E-state index contributed by atoms with van der Waals surface area (Å²) < 4.78 is 4.51. The average molecular weight is 212 g/mol. The number of amides is 1. The molecule has 0 aliphatic rings. The van der Waals surface area contributed by atoms with E-state index in [1.165, 1.54) is 7.11 Å². The summed E-state index contributed by atoms with van der Waals surface area (Å²) in [5.41, 5.74) is 0. The summed E-state index contributed by atoms with van der Waals surface area (Å²) in [5.74, 6) is 1.63. The fraction of sp³-hybridized carbons (Fsp3) is 0.600. The van der Waals surface area contributed by atoms with Crippen molar-refractivity contribution in [1.29, 1.82) is 0 Å². The molecule has 2 atom stereocenters. The normalized spacial score (nSPS) is 13.5. The Morgan fingerprint density at radius 1 is 1.40 bits per heavy atom. The molecule has 0 spiro atoms. The van der Waals surface area contributed by atoms with Crippen molar-refractivity contribution >= 4 is 11.9 Å². The van der Waals surface area contributed by atoms with Gasteiger partial charge in [-0.05, 0) is 13.8 Å². The maximum Gasteiger partial charge on any atom is 0.322 e. The number of esters is 1. The zero-order valence-electron chi connectivity index (χ0n) is 9.16. The molecular weight excluding hydrogens is 196 g/mol. The first-order chi connectivity index (χ1) is 7.02. The first-order valence-corrected chi connectivity index (χ1v) is 4.58. The number of rotatable bonds is 5. The van der Waals surface area contributed by atoms with Crippen molar-refractivity contribution in [3.63, 3.8) is 0 Å². The van der Waals surface area contributed by atoms with E-state index in [4.69, 9.17) is 6.42 Å². The lowest BCUT2D eigenvalue weighted by atomic mass is 10.2. The van der Waals surface area contributed by atoms with Crippen LogP contribution < -0.4 is 10.6 Å². The van der Waals surface area contributed by atoms with Crippen LogP contribution in [0, 0.1) is 12.3 Å². The Bertz CT molecular complexity index is 270. The highest BCUT2D eigenvalue weighted by Crippen LogP contribution is 1.90. The van der Waals surface area contributed by atoms with Crippen molar-refractivity contribution in [3.05, 3.63) is 0 Å². The topological polar surface area (TPSA) is 67.4 Å². The predicted molar refractivity (Wildman–Crippen MR) is 55.9 cm³/mol. The van der Waals surface area contributed by atoms with E-state index in [-0.39, 0.29) is 12.5 Å². The van der Waals surface area contributed by atoms with Gasteiger partial charge in [-0.2, -0.15) is 0 Å². The molecule has 0 rings (SSSR count). The molecule has 0 aromatic heterocycles.